The molecular formula is C29H38N4O4. The third-order valence-corrected chi connectivity index (χ3v) is 7.13. The molecule has 2 fully saturated rings. The standard InChI is InChI=1S/C29H38N4O4/c1-2-37-25-13-11-24(12-14-25)30-29(36)31-26(21-22-9-5-3-6-10-22)28(35)33-19-15-23(16-20-33)27(34)32-17-7-4-8-18-32/h3,5-6,9-14,23,26H,2,4,7-8,15-21H2,1H3,(H2,30,31,36)/t26-/m0/s1. The smallest absolute Gasteiger partial charge is 0.319 e. The van der Waals surface area contributed by atoms with Gasteiger partial charge in [0.25, 0.3) is 0 Å². The van der Waals surface area contributed by atoms with E-state index in [0.29, 0.717) is 44.6 Å². The van der Waals surface area contributed by atoms with Gasteiger partial charge in [-0.1, -0.05) is 30.3 Å². The number of nitrogens with zero attached hydrogens (tertiary/aromatic N) is 2. The Hall–Kier alpha value is -3.55. The van der Waals surface area contributed by atoms with Crippen LogP contribution in [0.5, 0.6) is 5.75 Å². The normalized spacial score (nSPS) is 17.1. The van der Waals surface area contributed by atoms with Crippen molar-refractivity contribution in [3.63, 3.8) is 0 Å². The quantitative estimate of drug-likeness (QED) is 0.565. The zero-order valence-corrected chi connectivity index (χ0v) is 21.7. The van der Waals surface area contributed by atoms with E-state index in [4.69, 9.17) is 4.74 Å². The third-order valence-electron chi connectivity index (χ3n) is 7.13. The molecule has 0 saturated carbocycles. The average molecular weight is 507 g/mol. The van der Waals surface area contributed by atoms with Gasteiger partial charge in [0.2, 0.25) is 11.8 Å². The third kappa shape index (κ3) is 7.47. The van der Waals surface area contributed by atoms with Crippen molar-refractivity contribution in [2.24, 2.45) is 5.92 Å². The number of nitrogens with one attached hydrogen (secondary N) is 2. The molecule has 2 N–H and O–H groups in total. The Morgan fingerprint density at radius 2 is 1.57 bits per heavy atom. The number of amides is 4. The number of piperidine rings is 2. The molecule has 0 radical (unpaired) electrons. The number of carbonyl (C=O) groups excluding carboxylic acids is 3. The van der Waals surface area contributed by atoms with E-state index >= 15 is 0 Å². The van der Waals surface area contributed by atoms with Crippen molar-refractivity contribution in [3.8, 4) is 5.75 Å². The fourth-order valence-corrected chi connectivity index (χ4v) is 5.12. The largest absolute Gasteiger partial charge is 0.494 e. The lowest BCUT2D eigenvalue weighted by atomic mass is 9.93. The van der Waals surface area contributed by atoms with Crippen molar-refractivity contribution in [1.29, 1.82) is 0 Å². The maximum Gasteiger partial charge on any atom is 0.319 e. The number of urea groups is 1. The summed E-state index contributed by atoms with van der Waals surface area (Å²) in [5.74, 6) is 0.827. The van der Waals surface area contributed by atoms with E-state index in [1.807, 2.05) is 42.2 Å². The predicted octanol–water partition coefficient (Wildman–Crippen LogP) is 4.07. The van der Waals surface area contributed by atoms with Crippen molar-refractivity contribution in [2.45, 2.75) is 51.5 Å². The summed E-state index contributed by atoms with van der Waals surface area (Å²) in [4.78, 5) is 43.1. The Labute approximate surface area is 219 Å². The van der Waals surface area contributed by atoms with Gasteiger partial charge in [0, 0.05) is 44.2 Å². The van der Waals surface area contributed by atoms with Gasteiger partial charge in [-0.05, 0) is 68.9 Å². The van der Waals surface area contributed by atoms with E-state index in [-0.39, 0.29) is 17.7 Å². The molecule has 2 aromatic rings. The molecule has 0 unspecified atom stereocenters. The summed E-state index contributed by atoms with van der Waals surface area (Å²) in [6.45, 7) is 5.24. The Balaban J connectivity index is 1.37. The zero-order chi connectivity index (χ0) is 26.0. The van der Waals surface area contributed by atoms with Crippen molar-refractivity contribution >= 4 is 23.5 Å². The number of rotatable bonds is 8. The van der Waals surface area contributed by atoms with Crippen LogP contribution in [0.15, 0.2) is 54.6 Å². The molecule has 8 heteroatoms. The SMILES string of the molecule is CCOc1ccc(NC(=O)N[C@@H](Cc2ccccc2)C(=O)N2CCC(C(=O)N3CCCCC3)CC2)cc1. The van der Waals surface area contributed by atoms with Crippen LogP contribution < -0.4 is 15.4 Å². The van der Waals surface area contributed by atoms with Gasteiger partial charge in [0.1, 0.15) is 11.8 Å². The first-order valence-corrected chi connectivity index (χ1v) is 13.5. The lowest BCUT2D eigenvalue weighted by Gasteiger charge is -2.37. The van der Waals surface area contributed by atoms with E-state index in [9.17, 15) is 14.4 Å². The lowest BCUT2D eigenvalue weighted by molar-refractivity contribution is -0.142. The molecule has 2 heterocycles. The van der Waals surface area contributed by atoms with Crippen LogP contribution in [0.1, 0.15) is 44.6 Å². The van der Waals surface area contributed by atoms with E-state index < -0.39 is 12.1 Å². The molecule has 1 atom stereocenters. The maximum absolute atomic E-state index is 13.6. The molecular weight excluding hydrogens is 468 g/mol. The molecule has 4 amide bonds. The molecule has 0 aliphatic carbocycles. The molecule has 2 saturated heterocycles. The number of carbonyl (C=O) groups is 3. The monoisotopic (exact) mass is 506 g/mol. The van der Waals surface area contributed by atoms with E-state index in [2.05, 4.69) is 10.6 Å². The second-order valence-electron chi connectivity index (χ2n) is 9.78. The highest BCUT2D eigenvalue weighted by atomic mass is 16.5. The van der Waals surface area contributed by atoms with E-state index in [1.165, 1.54) is 6.42 Å². The minimum Gasteiger partial charge on any atom is -0.494 e. The minimum atomic E-state index is -0.709. The van der Waals surface area contributed by atoms with Crippen LogP contribution in [-0.2, 0) is 16.0 Å². The average Bonchev–Trinajstić information content (AvgIpc) is 2.94. The van der Waals surface area contributed by atoms with Crippen molar-refractivity contribution < 1.29 is 19.1 Å². The summed E-state index contributed by atoms with van der Waals surface area (Å²) >= 11 is 0. The second-order valence-corrected chi connectivity index (χ2v) is 9.78. The van der Waals surface area contributed by atoms with Gasteiger partial charge in [-0.3, -0.25) is 9.59 Å². The molecule has 0 bridgehead atoms. The Kier molecular flexibility index (Phi) is 9.40. The van der Waals surface area contributed by atoms with Crippen LogP contribution in [-0.4, -0.2) is 66.5 Å². The Morgan fingerprint density at radius 3 is 2.22 bits per heavy atom. The lowest BCUT2D eigenvalue weighted by Crippen LogP contribution is -2.53. The van der Waals surface area contributed by atoms with Gasteiger partial charge in [0.05, 0.1) is 6.61 Å². The van der Waals surface area contributed by atoms with Gasteiger partial charge in [-0.15, -0.1) is 0 Å². The molecule has 2 aromatic carbocycles. The van der Waals surface area contributed by atoms with Crippen molar-refractivity contribution in [3.05, 3.63) is 60.2 Å². The predicted molar refractivity (Wildman–Crippen MR) is 143 cm³/mol. The molecule has 198 valence electrons. The molecule has 2 aliphatic rings. The fraction of sp³-hybridized carbons (Fsp3) is 0.483. The van der Waals surface area contributed by atoms with Crippen molar-refractivity contribution in [1.82, 2.24) is 15.1 Å². The first-order valence-electron chi connectivity index (χ1n) is 13.5. The minimum absolute atomic E-state index is 0.0226. The highest BCUT2D eigenvalue weighted by Crippen LogP contribution is 2.23. The molecule has 2 aliphatic heterocycles. The summed E-state index contributed by atoms with van der Waals surface area (Å²) in [7, 11) is 0. The molecule has 8 nitrogen and oxygen atoms in total. The highest BCUT2D eigenvalue weighted by Gasteiger charge is 2.33. The fourth-order valence-electron chi connectivity index (χ4n) is 5.12. The summed E-state index contributed by atoms with van der Waals surface area (Å²) in [6, 6.07) is 15.7. The first kappa shape index (κ1) is 26.5. The first-order chi connectivity index (χ1) is 18.0. The molecule has 37 heavy (non-hydrogen) atoms. The van der Waals surface area contributed by atoms with Crippen LogP contribution >= 0.6 is 0 Å². The number of likely N-dealkylation sites (tertiary alicyclic amines) is 2. The summed E-state index contributed by atoms with van der Waals surface area (Å²) in [5.41, 5.74) is 1.58. The summed E-state index contributed by atoms with van der Waals surface area (Å²) in [5, 5.41) is 5.71. The molecule has 4 rings (SSSR count). The van der Waals surface area contributed by atoms with Gasteiger partial charge >= 0.3 is 6.03 Å². The van der Waals surface area contributed by atoms with E-state index in [0.717, 1.165) is 37.2 Å². The number of benzene rings is 2. The second kappa shape index (κ2) is 13.1. The molecule has 0 spiro atoms. The van der Waals surface area contributed by atoms with Gasteiger partial charge in [-0.25, -0.2) is 4.79 Å². The van der Waals surface area contributed by atoms with Gasteiger partial charge < -0.3 is 25.2 Å². The number of hydrogen-bond acceptors (Lipinski definition) is 4. The van der Waals surface area contributed by atoms with E-state index in [1.54, 1.807) is 29.2 Å². The van der Waals surface area contributed by atoms with Crippen LogP contribution in [0.4, 0.5) is 10.5 Å². The number of ether oxygens (including phenoxy) is 1. The summed E-state index contributed by atoms with van der Waals surface area (Å²) in [6.07, 6.45) is 5.07. The van der Waals surface area contributed by atoms with Gasteiger partial charge in [0.15, 0.2) is 0 Å². The maximum atomic E-state index is 13.6. The molecule has 0 aromatic heterocycles. The highest BCUT2D eigenvalue weighted by molar-refractivity contribution is 5.94. The zero-order valence-electron chi connectivity index (χ0n) is 21.7. The van der Waals surface area contributed by atoms with Crippen LogP contribution in [0.2, 0.25) is 0 Å². The Morgan fingerprint density at radius 1 is 0.892 bits per heavy atom. The number of hydrogen-bond donors (Lipinski definition) is 2. The van der Waals surface area contributed by atoms with Gasteiger partial charge in [-0.2, -0.15) is 0 Å². The van der Waals surface area contributed by atoms with Crippen LogP contribution in [0.3, 0.4) is 0 Å². The Bertz CT molecular complexity index is 1030. The van der Waals surface area contributed by atoms with Crippen molar-refractivity contribution in [2.75, 3.05) is 38.1 Å². The number of anilines is 1. The van der Waals surface area contributed by atoms with Crippen LogP contribution in [0, 0.1) is 5.92 Å². The topological polar surface area (TPSA) is 91.0 Å². The van der Waals surface area contributed by atoms with Crippen LogP contribution in [0.25, 0.3) is 0 Å². The summed E-state index contributed by atoms with van der Waals surface area (Å²) < 4.78 is 5.45.